The molecule has 1 aliphatic carbocycles. The van der Waals surface area contributed by atoms with Gasteiger partial charge in [0.1, 0.15) is 11.5 Å². The van der Waals surface area contributed by atoms with Crippen LogP contribution in [0.4, 0.5) is 11.4 Å². The van der Waals surface area contributed by atoms with E-state index in [-0.39, 0.29) is 17.7 Å². The molecule has 5 nitrogen and oxygen atoms in total. The maximum absolute atomic E-state index is 13.6. The maximum Gasteiger partial charge on any atom is 0.163 e. The Morgan fingerprint density at radius 2 is 1.34 bits per heavy atom. The van der Waals surface area contributed by atoms with Crippen LogP contribution in [-0.2, 0) is 4.79 Å². The molecule has 0 fully saturated rings. The lowest BCUT2D eigenvalue weighted by atomic mass is 9.78. The van der Waals surface area contributed by atoms with Crippen molar-refractivity contribution in [1.82, 2.24) is 0 Å². The summed E-state index contributed by atoms with van der Waals surface area (Å²) in [6, 6.07) is 23.8. The van der Waals surface area contributed by atoms with E-state index in [0.29, 0.717) is 6.42 Å². The number of carbonyl (C=O) groups is 1. The predicted molar refractivity (Wildman–Crippen MR) is 126 cm³/mol. The number of anilines is 2. The van der Waals surface area contributed by atoms with E-state index < -0.39 is 0 Å². The van der Waals surface area contributed by atoms with Crippen molar-refractivity contribution in [3.8, 4) is 11.5 Å². The Bertz CT molecular complexity index is 1170. The van der Waals surface area contributed by atoms with E-state index >= 15 is 0 Å². The van der Waals surface area contributed by atoms with Crippen molar-refractivity contribution in [3.05, 3.63) is 95.2 Å². The van der Waals surface area contributed by atoms with Gasteiger partial charge in [-0.3, -0.25) is 4.79 Å². The number of hydrogen-bond acceptors (Lipinski definition) is 5. The van der Waals surface area contributed by atoms with Gasteiger partial charge in [0.05, 0.1) is 31.6 Å². The molecule has 2 aliphatic rings. The molecule has 0 saturated carbocycles. The molecule has 1 heterocycles. The third-order valence-corrected chi connectivity index (χ3v) is 6.35. The Morgan fingerprint density at radius 3 is 1.97 bits per heavy atom. The Hall–Kier alpha value is -3.73. The molecule has 0 aromatic heterocycles. The molecule has 3 aromatic carbocycles. The maximum atomic E-state index is 13.6. The minimum atomic E-state index is -0.226. The zero-order valence-electron chi connectivity index (χ0n) is 18.2. The van der Waals surface area contributed by atoms with Gasteiger partial charge in [-0.2, -0.15) is 0 Å². The van der Waals surface area contributed by atoms with Gasteiger partial charge in [0.2, 0.25) is 0 Å². The fraction of sp³-hybridized carbons (Fsp3) is 0.222. The highest BCUT2D eigenvalue weighted by Crippen LogP contribution is 2.44. The van der Waals surface area contributed by atoms with Crippen LogP contribution in [0.15, 0.2) is 84.1 Å². The van der Waals surface area contributed by atoms with E-state index in [1.807, 2.05) is 60.7 Å². The number of hydrogen-bond donors (Lipinski definition) is 2. The Kier molecular flexibility index (Phi) is 5.31. The molecule has 0 bridgehead atoms. The summed E-state index contributed by atoms with van der Waals surface area (Å²) in [5, 5.41) is 7.20. The summed E-state index contributed by atoms with van der Waals surface area (Å²) in [5.41, 5.74) is 5.96. The smallest absolute Gasteiger partial charge is 0.163 e. The molecule has 0 radical (unpaired) electrons. The number of carbonyl (C=O) groups excluding carboxylic acids is 1. The van der Waals surface area contributed by atoms with E-state index in [4.69, 9.17) is 9.47 Å². The van der Waals surface area contributed by atoms with Gasteiger partial charge in [-0.1, -0.05) is 36.4 Å². The van der Waals surface area contributed by atoms with Crippen molar-refractivity contribution in [1.29, 1.82) is 0 Å². The van der Waals surface area contributed by atoms with Gasteiger partial charge in [0.25, 0.3) is 0 Å². The van der Waals surface area contributed by atoms with Crippen LogP contribution in [0.25, 0.3) is 0 Å². The summed E-state index contributed by atoms with van der Waals surface area (Å²) in [7, 11) is 3.32. The first kappa shape index (κ1) is 20.2. The number of nitrogens with one attached hydrogen (secondary N) is 2. The van der Waals surface area contributed by atoms with E-state index in [1.54, 1.807) is 14.2 Å². The number of methoxy groups -OCH3 is 2. The standard InChI is InChI=1S/C27H26N2O3/c1-31-20-11-7-17(8-12-20)19-15-24-26(25(30)16-19)27(18-9-13-21(32-2)14-10-18)29-23-6-4-3-5-22(23)28-24/h3-14,19,27-29H,15-16H2,1-2H3/t19-,27+/m0/s1. The highest BCUT2D eigenvalue weighted by Gasteiger charge is 2.36. The average Bonchev–Trinajstić information content (AvgIpc) is 3.01. The molecule has 162 valence electrons. The predicted octanol–water partition coefficient (Wildman–Crippen LogP) is 5.68. The molecular weight excluding hydrogens is 400 g/mol. The van der Waals surface area contributed by atoms with Gasteiger partial charge in [0, 0.05) is 17.7 Å². The molecule has 0 saturated heterocycles. The fourth-order valence-corrected chi connectivity index (χ4v) is 4.65. The van der Waals surface area contributed by atoms with Crippen molar-refractivity contribution in [2.45, 2.75) is 24.8 Å². The quantitative estimate of drug-likeness (QED) is 0.562. The van der Waals surface area contributed by atoms with Crippen molar-refractivity contribution in [2.24, 2.45) is 0 Å². The number of ketones is 1. The molecule has 0 spiro atoms. The number of para-hydroxylation sites is 2. The van der Waals surface area contributed by atoms with Gasteiger partial charge < -0.3 is 20.1 Å². The van der Waals surface area contributed by atoms with Crippen LogP contribution in [0.5, 0.6) is 11.5 Å². The molecule has 1 aliphatic heterocycles. The highest BCUT2D eigenvalue weighted by atomic mass is 16.5. The molecule has 2 N–H and O–H groups in total. The fourth-order valence-electron chi connectivity index (χ4n) is 4.65. The SMILES string of the molecule is COc1ccc([C@@H]2CC(=O)C3=C(C2)Nc2ccccc2N[C@@H]3c2ccc(OC)cc2)cc1. The third kappa shape index (κ3) is 3.71. The van der Waals surface area contributed by atoms with Crippen LogP contribution >= 0.6 is 0 Å². The lowest BCUT2D eigenvalue weighted by molar-refractivity contribution is -0.116. The van der Waals surface area contributed by atoms with E-state index in [9.17, 15) is 4.79 Å². The van der Waals surface area contributed by atoms with Crippen LogP contribution in [0.3, 0.4) is 0 Å². The van der Waals surface area contributed by atoms with Crippen molar-refractivity contribution >= 4 is 17.2 Å². The lowest BCUT2D eigenvalue weighted by Gasteiger charge is -2.30. The van der Waals surface area contributed by atoms with Crippen LogP contribution in [-0.4, -0.2) is 20.0 Å². The summed E-state index contributed by atoms with van der Waals surface area (Å²) in [4.78, 5) is 13.6. The molecule has 0 amide bonds. The van der Waals surface area contributed by atoms with E-state index in [2.05, 4.69) is 22.8 Å². The van der Waals surface area contributed by atoms with E-state index in [0.717, 1.165) is 51.7 Å². The molecule has 5 rings (SSSR count). The van der Waals surface area contributed by atoms with Crippen molar-refractivity contribution in [2.75, 3.05) is 24.9 Å². The number of fused-ring (bicyclic) bond motifs is 1. The molecule has 5 heteroatoms. The van der Waals surface area contributed by atoms with Gasteiger partial charge in [-0.05, 0) is 59.9 Å². The van der Waals surface area contributed by atoms with Crippen molar-refractivity contribution in [3.63, 3.8) is 0 Å². The zero-order valence-corrected chi connectivity index (χ0v) is 18.2. The number of benzene rings is 3. The summed E-state index contributed by atoms with van der Waals surface area (Å²) < 4.78 is 10.6. The van der Waals surface area contributed by atoms with Crippen molar-refractivity contribution < 1.29 is 14.3 Å². The highest BCUT2D eigenvalue weighted by molar-refractivity contribution is 6.01. The topological polar surface area (TPSA) is 59.6 Å². The first-order valence-electron chi connectivity index (χ1n) is 10.8. The molecule has 3 aromatic rings. The molecule has 0 unspecified atom stereocenters. The largest absolute Gasteiger partial charge is 0.497 e. The normalized spacial score (nSPS) is 19.8. The number of rotatable bonds is 4. The summed E-state index contributed by atoms with van der Waals surface area (Å²) in [6.45, 7) is 0. The first-order chi connectivity index (χ1) is 15.7. The first-order valence-corrected chi connectivity index (χ1v) is 10.8. The number of ether oxygens (including phenoxy) is 2. The second-order valence-electron chi connectivity index (χ2n) is 8.21. The Labute approximate surface area is 188 Å². The number of Topliss-reactive ketones (excluding diaryl/α,β-unsaturated/α-hetero) is 1. The second kappa shape index (κ2) is 8.42. The average molecular weight is 427 g/mol. The molecular formula is C27H26N2O3. The van der Waals surface area contributed by atoms with Gasteiger partial charge in [-0.25, -0.2) is 0 Å². The van der Waals surface area contributed by atoms with Gasteiger partial charge in [-0.15, -0.1) is 0 Å². The van der Waals surface area contributed by atoms with Crippen LogP contribution in [0.1, 0.15) is 35.9 Å². The monoisotopic (exact) mass is 426 g/mol. The lowest BCUT2D eigenvalue weighted by Crippen LogP contribution is -2.26. The zero-order chi connectivity index (χ0) is 22.1. The van der Waals surface area contributed by atoms with Gasteiger partial charge >= 0.3 is 0 Å². The molecule has 32 heavy (non-hydrogen) atoms. The summed E-state index contributed by atoms with van der Waals surface area (Å²) in [5.74, 6) is 1.91. The molecule has 2 atom stereocenters. The summed E-state index contributed by atoms with van der Waals surface area (Å²) >= 11 is 0. The minimum Gasteiger partial charge on any atom is -0.497 e. The number of allylic oxidation sites excluding steroid dienone is 1. The summed E-state index contributed by atoms with van der Waals surface area (Å²) in [6.07, 6.45) is 1.26. The minimum absolute atomic E-state index is 0.126. The van der Waals surface area contributed by atoms with E-state index in [1.165, 1.54) is 0 Å². The third-order valence-electron chi connectivity index (χ3n) is 6.35. The Morgan fingerprint density at radius 1 is 0.750 bits per heavy atom. The van der Waals surface area contributed by atoms with Crippen LogP contribution in [0.2, 0.25) is 0 Å². The Balaban J connectivity index is 1.56. The van der Waals surface area contributed by atoms with Gasteiger partial charge in [0.15, 0.2) is 5.78 Å². The van der Waals surface area contributed by atoms with Crippen LogP contribution < -0.4 is 20.1 Å². The second-order valence-corrected chi connectivity index (χ2v) is 8.21. The van der Waals surface area contributed by atoms with Crippen LogP contribution in [0, 0.1) is 0 Å².